The maximum absolute atomic E-state index is 9.27. The van der Waals surface area contributed by atoms with Crippen molar-refractivity contribution < 1.29 is 9.62 Å². The Morgan fingerprint density at radius 2 is 1.67 bits per heavy atom. The van der Waals surface area contributed by atoms with Crippen LogP contribution in [0.25, 0.3) is 22.3 Å². The standard InChI is InChI=1S/C17H14ClNO2/c1-10-7-14-15(19-20)9-16(21-17(14)8-11(10)2)12-3-5-13(18)6-4-12/h3-9,20H,1-2H3. The summed E-state index contributed by atoms with van der Waals surface area (Å²) >= 11 is 5.90. The van der Waals surface area contributed by atoms with Crippen LogP contribution >= 0.6 is 11.6 Å². The van der Waals surface area contributed by atoms with Crippen molar-refractivity contribution in [2.75, 3.05) is 0 Å². The topological polar surface area (TPSA) is 45.7 Å². The highest BCUT2D eigenvalue weighted by atomic mass is 35.5. The Morgan fingerprint density at radius 3 is 2.33 bits per heavy atom. The smallest absolute Gasteiger partial charge is 0.137 e. The summed E-state index contributed by atoms with van der Waals surface area (Å²) < 4.78 is 5.95. The summed E-state index contributed by atoms with van der Waals surface area (Å²) in [6.45, 7) is 4.04. The third-order valence-corrected chi connectivity index (χ3v) is 3.85. The highest BCUT2D eigenvalue weighted by Crippen LogP contribution is 2.25. The average molecular weight is 300 g/mol. The Balaban J connectivity index is 2.31. The van der Waals surface area contributed by atoms with Crippen LogP contribution in [0.15, 0.2) is 52.0 Å². The molecule has 0 unspecified atom stereocenters. The second-order valence-electron chi connectivity index (χ2n) is 5.04. The molecule has 21 heavy (non-hydrogen) atoms. The van der Waals surface area contributed by atoms with Gasteiger partial charge >= 0.3 is 0 Å². The molecule has 0 atom stereocenters. The first-order valence-corrected chi connectivity index (χ1v) is 6.95. The number of fused-ring (bicyclic) bond motifs is 1. The van der Waals surface area contributed by atoms with Crippen LogP contribution in [0.5, 0.6) is 0 Å². The van der Waals surface area contributed by atoms with Crippen molar-refractivity contribution in [1.29, 1.82) is 0 Å². The van der Waals surface area contributed by atoms with Gasteiger partial charge in [-0.25, -0.2) is 0 Å². The van der Waals surface area contributed by atoms with Crippen molar-refractivity contribution in [3.8, 4) is 11.3 Å². The number of hydrogen-bond donors (Lipinski definition) is 1. The third kappa shape index (κ3) is 2.52. The van der Waals surface area contributed by atoms with Crippen molar-refractivity contribution in [3.63, 3.8) is 0 Å². The minimum atomic E-state index is 0.490. The van der Waals surface area contributed by atoms with Crippen LogP contribution in [0, 0.1) is 13.8 Å². The molecule has 4 heteroatoms. The fourth-order valence-electron chi connectivity index (χ4n) is 2.26. The van der Waals surface area contributed by atoms with E-state index in [0.717, 1.165) is 22.1 Å². The molecule has 1 N–H and O–H groups in total. The summed E-state index contributed by atoms with van der Waals surface area (Å²) in [6.07, 6.45) is 0. The summed E-state index contributed by atoms with van der Waals surface area (Å²) in [5.74, 6) is 0.634. The number of halogens is 1. The molecule has 1 aromatic heterocycles. The van der Waals surface area contributed by atoms with E-state index in [-0.39, 0.29) is 0 Å². The average Bonchev–Trinajstić information content (AvgIpc) is 2.48. The normalized spacial score (nSPS) is 12.0. The molecule has 2 aromatic carbocycles. The minimum Gasteiger partial charge on any atom is -0.456 e. The van der Waals surface area contributed by atoms with E-state index in [1.54, 1.807) is 18.2 Å². The van der Waals surface area contributed by atoms with Crippen molar-refractivity contribution in [2.24, 2.45) is 5.16 Å². The fourth-order valence-corrected chi connectivity index (χ4v) is 2.39. The van der Waals surface area contributed by atoms with E-state index >= 15 is 0 Å². The van der Waals surface area contributed by atoms with Crippen molar-refractivity contribution in [3.05, 3.63) is 64.0 Å². The Labute approximate surface area is 127 Å². The number of nitrogens with zero attached hydrogens (tertiary/aromatic N) is 1. The van der Waals surface area contributed by atoms with Crippen LogP contribution in [0.3, 0.4) is 0 Å². The molecule has 0 aliphatic heterocycles. The van der Waals surface area contributed by atoms with Crippen LogP contribution < -0.4 is 5.36 Å². The lowest BCUT2D eigenvalue weighted by Crippen LogP contribution is -2.04. The van der Waals surface area contributed by atoms with Gasteiger partial charge in [0.25, 0.3) is 0 Å². The van der Waals surface area contributed by atoms with Gasteiger partial charge in [0.1, 0.15) is 16.7 Å². The molecule has 1 heterocycles. The van der Waals surface area contributed by atoms with E-state index in [2.05, 4.69) is 5.16 Å². The van der Waals surface area contributed by atoms with Crippen LogP contribution in [0.1, 0.15) is 11.1 Å². The lowest BCUT2D eigenvalue weighted by atomic mass is 10.1. The molecule has 0 aliphatic rings. The lowest BCUT2D eigenvalue weighted by molar-refractivity contribution is 0.302. The van der Waals surface area contributed by atoms with Crippen LogP contribution in [0.4, 0.5) is 0 Å². The zero-order valence-corrected chi connectivity index (χ0v) is 12.5. The number of hydrogen-bond acceptors (Lipinski definition) is 3. The van der Waals surface area contributed by atoms with E-state index in [1.807, 2.05) is 38.1 Å². The van der Waals surface area contributed by atoms with Crippen LogP contribution in [-0.4, -0.2) is 5.21 Å². The van der Waals surface area contributed by atoms with Gasteiger partial charge in [-0.15, -0.1) is 0 Å². The van der Waals surface area contributed by atoms with E-state index in [1.165, 1.54) is 0 Å². The van der Waals surface area contributed by atoms with Gasteiger partial charge in [0, 0.05) is 22.0 Å². The molecule has 0 radical (unpaired) electrons. The summed E-state index contributed by atoms with van der Waals surface area (Å²) in [5.41, 5.74) is 3.83. The molecule has 3 rings (SSSR count). The molecule has 3 nitrogen and oxygen atoms in total. The van der Waals surface area contributed by atoms with Crippen molar-refractivity contribution in [1.82, 2.24) is 0 Å². The summed E-state index contributed by atoms with van der Waals surface area (Å²) in [5, 5.41) is 14.6. The number of rotatable bonds is 1. The first-order valence-electron chi connectivity index (χ1n) is 6.57. The molecule has 106 valence electrons. The van der Waals surface area contributed by atoms with Crippen molar-refractivity contribution in [2.45, 2.75) is 13.8 Å². The third-order valence-electron chi connectivity index (χ3n) is 3.60. The van der Waals surface area contributed by atoms with E-state index in [4.69, 9.17) is 16.0 Å². The zero-order chi connectivity index (χ0) is 15.0. The first kappa shape index (κ1) is 13.7. The summed E-state index contributed by atoms with van der Waals surface area (Å²) in [7, 11) is 0. The molecule has 0 aliphatic carbocycles. The van der Waals surface area contributed by atoms with E-state index in [9.17, 15) is 5.21 Å². The maximum atomic E-state index is 9.27. The second-order valence-corrected chi connectivity index (χ2v) is 5.47. The number of aryl methyl sites for hydroxylation is 2. The molecule has 0 saturated heterocycles. The highest BCUT2D eigenvalue weighted by Gasteiger charge is 2.08. The monoisotopic (exact) mass is 299 g/mol. The maximum Gasteiger partial charge on any atom is 0.137 e. The Morgan fingerprint density at radius 1 is 1.00 bits per heavy atom. The second kappa shape index (κ2) is 5.26. The predicted octanol–water partition coefficient (Wildman–Crippen LogP) is 4.66. The Bertz CT molecular complexity index is 880. The van der Waals surface area contributed by atoms with Crippen LogP contribution in [-0.2, 0) is 0 Å². The van der Waals surface area contributed by atoms with E-state index < -0.39 is 0 Å². The van der Waals surface area contributed by atoms with E-state index in [0.29, 0.717) is 21.7 Å². The molecule has 0 amide bonds. The molecular weight excluding hydrogens is 286 g/mol. The molecule has 3 aromatic rings. The summed E-state index contributed by atoms with van der Waals surface area (Å²) in [6, 6.07) is 13.0. The highest BCUT2D eigenvalue weighted by molar-refractivity contribution is 6.30. The number of benzene rings is 2. The molecular formula is C17H14ClNO2. The van der Waals surface area contributed by atoms with Gasteiger partial charge in [-0.2, -0.15) is 0 Å². The van der Waals surface area contributed by atoms with Gasteiger partial charge in [0.2, 0.25) is 0 Å². The Kier molecular flexibility index (Phi) is 3.43. The SMILES string of the molecule is Cc1cc2oc(-c3ccc(Cl)cc3)cc(=NO)c2cc1C. The molecule has 0 bridgehead atoms. The molecule has 0 saturated carbocycles. The first-order chi connectivity index (χ1) is 10.1. The minimum absolute atomic E-state index is 0.490. The summed E-state index contributed by atoms with van der Waals surface area (Å²) in [4.78, 5) is 0. The zero-order valence-electron chi connectivity index (χ0n) is 11.7. The molecule has 0 spiro atoms. The predicted molar refractivity (Wildman–Crippen MR) is 83.5 cm³/mol. The van der Waals surface area contributed by atoms with Gasteiger partial charge in [-0.1, -0.05) is 16.8 Å². The fraction of sp³-hybridized carbons (Fsp3) is 0.118. The van der Waals surface area contributed by atoms with Gasteiger partial charge in [0.15, 0.2) is 0 Å². The largest absolute Gasteiger partial charge is 0.456 e. The molecule has 0 fully saturated rings. The lowest BCUT2D eigenvalue weighted by Gasteiger charge is -2.07. The quantitative estimate of drug-likeness (QED) is 0.524. The van der Waals surface area contributed by atoms with Crippen molar-refractivity contribution >= 4 is 22.6 Å². The van der Waals surface area contributed by atoms with Gasteiger partial charge < -0.3 is 9.62 Å². The van der Waals surface area contributed by atoms with Gasteiger partial charge in [0.05, 0.1) is 0 Å². The Hall–Kier alpha value is -2.26. The van der Waals surface area contributed by atoms with Crippen LogP contribution in [0.2, 0.25) is 5.02 Å². The van der Waals surface area contributed by atoms with Gasteiger partial charge in [-0.3, -0.25) is 0 Å². The van der Waals surface area contributed by atoms with Gasteiger partial charge in [-0.05, 0) is 61.4 Å².